The van der Waals surface area contributed by atoms with E-state index in [1.54, 1.807) is 25.3 Å². The molecule has 36 heavy (non-hydrogen) atoms. The van der Waals surface area contributed by atoms with E-state index in [0.717, 1.165) is 33.6 Å². The molecule has 2 heterocycles. The van der Waals surface area contributed by atoms with Crippen LogP contribution in [-0.2, 0) is 6.42 Å². The minimum atomic E-state index is -0.513. The highest BCUT2D eigenvalue weighted by Gasteiger charge is 2.11. The van der Waals surface area contributed by atoms with Crippen LogP contribution in [0.15, 0.2) is 53.7 Å². The molecule has 186 valence electrons. The highest BCUT2D eigenvalue weighted by molar-refractivity contribution is 6.42. The predicted octanol–water partition coefficient (Wildman–Crippen LogP) is 5.72. The third-order valence-corrected chi connectivity index (χ3v) is 5.99. The van der Waals surface area contributed by atoms with Gasteiger partial charge < -0.3 is 15.0 Å². The number of hydrogen-bond acceptors (Lipinski definition) is 5. The second-order valence-corrected chi connectivity index (χ2v) is 8.83. The number of fused-ring (bicyclic) bond motifs is 1. The van der Waals surface area contributed by atoms with Gasteiger partial charge in [-0.15, -0.1) is 0 Å². The number of amides is 2. The number of H-pyrrole nitrogens is 1. The summed E-state index contributed by atoms with van der Waals surface area (Å²) in [7, 11) is 1.64. The van der Waals surface area contributed by atoms with E-state index in [2.05, 4.69) is 35.9 Å². The van der Waals surface area contributed by atoms with Crippen molar-refractivity contribution in [3.05, 3.63) is 75.7 Å². The van der Waals surface area contributed by atoms with Crippen molar-refractivity contribution in [1.82, 2.24) is 20.3 Å². The molecule has 0 fully saturated rings. The molecule has 0 aliphatic carbocycles. The first-order valence-electron chi connectivity index (χ1n) is 11.1. The smallest absolute Gasteiger partial charge is 0.326 e. The fourth-order valence-corrected chi connectivity index (χ4v) is 3.92. The summed E-state index contributed by atoms with van der Waals surface area (Å²) in [6, 6.07) is 12.0. The van der Waals surface area contributed by atoms with Crippen molar-refractivity contribution in [3.63, 3.8) is 0 Å². The highest BCUT2D eigenvalue weighted by atomic mass is 35.5. The van der Waals surface area contributed by atoms with E-state index >= 15 is 0 Å². The monoisotopic (exact) mass is 525 g/mol. The normalized spacial score (nSPS) is 11.4. The quantitative estimate of drug-likeness (QED) is 0.189. The Hall–Kier alpha value is -3.82. The Bertz CT molecular complexity index is 1420. The van der Waals surface area contributed by atoms with Gasteiger partial charge >= 0.3 is 6.03 Å². The fourth-order valence-electron chi connectivity index (χ4n) is 3.62. The molecule has 2 aromatic heterocycles. The van der Waals surface area contributed by atoms with Gasteiger partial charge in [0.1, 0.15) is 5.75 Å². The molecular weight excluding hydrogens is 501 g/mol. The van der Waals surface area contributed by atoms with Crippen molar-refractivity contribution in [2.24, 2.45) is 4.99 Å². The van der Waals surface area contributed by atoms with Crippen molar-refractivity contribution in [2.45, 2.75) is 20.3 Å². The number of anilines is 2. The molecule has 0 aliphatic heterocycles. The minimum absolute atomic E-state index is 0.204. The van der Waals surface area contributed by atoms with Gasteiger partial charge in [-0.05, 0) is 68.3 Å². The summed E-state index contributed by atoms with van der Waals surface area (Å²) in [6.07, 6.45) is 2.58. The number of carbonyl (C=O) groups excluding carboxylic acids is 1. The number of carbonyl (C=O) groups is 1. The molecular formula is C25H25Cl2N7O2. The predicted molar refractivity (Wildman–Crippen MR) is 145 cm³/mol. The van der Waals surface area contributed by atoms with Crippen LogP contribution in [0.1, 0.15) is 17.0 Å². The molecule has 0 spiro atoms. The Balaban J connectivity index is 1.51. The number of nitrogens with zero attached hydrogens (tertiary/aromatic N) is 3. The number of aryl methyl sites for hydroxylation is 2. The maximum Gasteiger partial charge on any atom is 0.326 e. The molecule has 9 nitrogen and oxygen atoms in total. The number of rotatable bonds is 6. The lowest BCUT2D eigenvalue weighted by Gasteiger charge is -2.13. The number of methoxy groups -OCH3 is 1. The van der Waals surface area contributed by atoms with Crippen LogP contribution in [-0.4, -0.2) is 40.6 Å². The zero-order valence-electron chi connectivity index (χ0n) is 19.9. The lowest BCUT2D eigenvalue weighted by Crippen LogP contribution is -2.39. The third-order valence-electron chi connectivity index (χ3n) is 5.25. The van der Waals surface area contributed by atoms with Gasteiger partial charge in [-0.25, -0.2) is 14.8 Å². The van der Waals surface area contributed by atoms with E-state index in [9.17, 15) is 4.79 Å². The number of aromatic nitrogens is 3. The van der Waals surface area contributed by atoms with E-state index in [1.807, 2.05) is 44.3 Å². The molecule has 4 aromatic rings. The highest BCUT2D eigenvalue weighted by Crippen LogP contribution is 2.25. The summed E-state index contributed by atoms with van der Waals surface area (Å²) in [4.78, 5) is 29.3. The van der Waals surface area contributed by atoms with Crippen molar-refractivity contribution in [2.75, 3.05) is 24.3 Å². The molecule has 0 aliphatic rings. The van der Waals surface area contributed by atoms with E-state index in [0.29, 0.717) is 34.6 Å². The number of guanidine groups is 1. The van der Waals surface area contributed by atoms with Gasteiger partial charge in [0.05, 0.1) is 17.2 Å². The number of aliphatic imine (C=N–C) groups is 1. The molecule has 0 saturated carbocycles. The Morgan fingerprint density at radius 1 is 1.03 bits per heavy atom. The molecule has 0 unspecified atom stereocenters. The molecule has 0 atom stereocenters. The lowest BCUT2D eigenvalue weighted by molar-refractivity contribution is 0.256. The second-order valence-electron chi connectivity index (χ2n) is 8.01. The zero-order valence-corrected chi connectivity index (χ0v) is 21.5. The van der Waals surface area contributed by atoms with Crippen LogP contribution in [0.3, 0.4) is 0 Å². The average molecular weight is 526 g/mol. The SMILES string of the molecule is COc1ccc2[nH]cc(CCN=C(NC(=O)Nc3ccc(Cl)c(Cl)c3)Nc3nc(C)cc(C)n3)c2c1. The number of urea groups is 1. The summed E-state index contributed by atoms with van der Waals surface area (Å²) < 4.78 is 5.35. The molecule has 0 bridgehead atoms. The maximum atomic E-state index is 12.7. The summed E-state index contributed by atoms with van der Waals surface area (Å²) in [5.74, 6) is 1.31. The number of nitrogens with one attached hydrogen (secondary N) is 4. The molecule has 11 heteroatoms. The first kappa shape index (κ1) is 25.3. The minimum Gasteiger partial charge on any atom is -0.497 e. The van der Waals surface area contributed by atoms with Crippen LogP contribution in [0.4, 0.5) is 16.4 Å². The largest absolute Gasteiger partial charge is 0.497 e. The Kier molecular flexibility index (Phi) is 7.92. The zero-order chi connectivity index (χ0) is 25.7. The van der Waals surface area contributed by atoms with Gasteiger partial charge in [-0.1, -0.05) is 23.2 Å². The molecule has 2 aromatic carbocycles. The van der Waals surface area contributed by atoms with Crippen molar-refractivity contribution in [3.8, 4) is 5.75 Å². The van der Waals surface area contributed by atoms with Crippen LogP contribution in [0.2, 0.25) is 10.0 Å². The Morgan fingerprint density at radius 3 is 2.53 bits per heavy atom. The summed E-state index contributed by atoms with van der Waals surface area (Å²) in [5.41, 5.74) is 4.15. The van der Waals surface area contributed by atoms with E-state index < -0.39 is 6.03 Å². The fraction of sp³-hybridized carbons (Fsp3) is 0.200. The maximum absolute atomic E-state index is 12.7. The number of aromatic amines is 1. The summed E-state index contributed by atoms with van der Waals surface area (Å²) in [6.45, 7) is 4.13. The van der Waals surface area contributed by atoms with E-state index in [-0.39, 0.29) is 5.96 Å². The Morgan fingerprint density at radius 2 is 1.81 bits per heavy atom. The first-order chi connectivity index (χ1) is 17.3. The van der Waals surface area contributed by atoms with Gasteiger partial charge in [0, 0.05) is 40.7 Å². The van der Waals surface area contributed by atoms with Crippen LogP contribution in [0.5, 0.6) is 5.75 Å². The third kappa shape index (κ3) is 6.44. The van der Waals surface area contributed by atoms with Gasteiger partial charge in [-0.3, -0.25) is 15.6 Å². The molecule has 0 radical (unpaired) electrons. The van der Waals surface area contributed by atoms with Gasteiger partial charge in [0.25, 0.3) is 0 Å². The van der Waals surface area contributed by atoms with Crippen LogP contribution in [0.25, 0.3) is 10.9 Å². The standard InChI is InChI=1S/C25H25Cl2N7O2/c1-14-10-15(2)31-24(30-14)33-23(34-25(35)32-17-4-6-20(26)21(27)11-17)28-9-8-16-13-29-22-7-5-18(36-3)12-19(16)22/h4-7,10-13,29H,8-9H2,1-3H3,(H3,28,30,31,32,33,34,35). The molecule has 4 N–H and O–H groups in total. The van der Waals surface area contributed by atoms with E-state index in [4.69, 9.17) is 27.9 Å². The van der Waals surface area contributed by atoms with Gasteiger partial charge in [0.2, 0.25) is 11.9 Å². The first-order valence-corrected chi connectivity index (χ1v) is 11.9. The topological polar surface area (TPSA) is 116 Å². The average Bonchev–Trinajstić information content (AvgIpc) is 3.22. The van der Waals surface area contributed by atoms with Crippen molar-refractivity contribution in [1.29, 1.82) is 0 Å². The second kappa shape index (κ2) is 11.3. The van der Waals surface area contributed by atoms with E-state index in [1.165, 1.54) is 0 Å². The van der Waals surface area contributed by atoms with Gasteiger partial charge in [-0.2, -0.15) is 0 Å². The van der Waals surface area contributed by atoms with Crippen LogP contribution in [0, 0.1) is 13.8 Å². The van der Waals surface area contributed by atoms with Crippen LogP contribution >= 0.6 is 23.2 Å². The molecule has 2 amide bonds. The summed E-state index contributed by atoms with van der Waals surface area (Å²) >= 11 is 12.0. The summed E-state index contributed by atoms with van der Waals surface area (Å²) in [5, 5.41) is 10.2. The number of hydrogen-bond donors (Lipinski definition) is 4. The van der Waals surface area contributed by atoms with Crippen molar-refractivity contribution < 1.29 is 9.53 Å². The Labute approximate surface area is 218 Å². The van der Waals surface area contributed by atoms with Crippen molar-refractivity contribution >= 4 is 57.7 Å². The molecule has 0 saturated heterocycles. The van der Waals surface area contributed by atoms with Crippen LogP contribution < -0.4 is 20.7 Å². The lowest BCUT2D eigenvalue weighted by atomic mass is 10.1. The number of ether oxygens (including phenoxy) is 1. The van der Waals surface area contributed by atoms with Gasteiger partial charge in [0.15, 0.2) is 0 Å². The number of benzene rings is 2. The molecule has 4 rings (SSSR count). The number of halogens is 2.